The fourth-order valence-electron chi connectivity index (χ4n) is 2.39. The number of aliphatic hydroxyl groups excluding tert-OH is 1. The summed E-state index contributed by atoms with van der Waals surface area (Å²) in [6.45, 7) is 4.81. The van der Waals surface area contributed by atoms with E-state index in [1.165, 1.54) is 0 Å². The minimum absolute atomic E-state index is 0.0851. The maximum Gasteiger partial charge on any atom is 0.309 e. The molecule has 0 unspecified atom stereocenters. The van der Waals surface area contributed by atoms with Gasteiger partial charge in [0.1, 0.15) is 0 Å². The SMILES string of the molecule is CC1(C(=O)O)CCN(Cc2cnn(CCO)c2)CC1. The Hall–Kier alpha value is -1.40. The van der Waals surface area contributed by atoms with Crippen molar-refractivity contribution in [2.75, 3.05) is 19.7 Å². The molecule has 0 bridgehead atoms. The van der Waals surface area contributed by atoms with Crippen molar-refractivity contribution in [3.05, 3.63) is 18.0 Å². The van der Waals surface area contributed by atoms with Crippen molar-refractivity contribution in [1.82, 2.24) is 14.7 Å². The summed E-state index contributed by atoms with van der Waals surface area (Å²) in [5.41, 5.74) is 0.532. The van der Waals surface area contributed by atoms with Crippen LogP contribution < -0.4 is 0 Å². The molecule has 2 N–H and O–H groups in total. The normalized spacial score (nSPS) is 19.5. The molecule has 19 heavy (non-hydrogen) atoms. The van der Waals surface area contributed by atoms with Crippen molar-refractivity contribution in [3.8, 4) is 0 Å². The van der Waals surface area contributed by atoms with Gasteiger partial charge in [0.15, 0.2) is 0 Å². The van der Waals surface area contributed by atoms with E-state index in [9.17, 15) is 9.90 Å². The van der Waals surface area contributed by atoms with Crippen LogP contribution in [0, 0.1) is 5.41 Å². The minimum Gasteiger partial charge on any atom is -0.481 e. The van der Waals surface area contributed by atoms with Gasteiger partial charge in [-0.25, -0.2) is 0 Å². The van der Waals surface area contributed by atoms with Gasteiger partial charge < -0.3 is 10.2 Å². The predicted octanol–water partition coefficient (Wildman–Crippen LogP) is 0.562. The van der Waals surface area contributed by atoms with Crippen LogP contribution in [0.25, 0.3) is 0 Å². The van der Waals surface area contributed by atoms with E-state index in [2.05, 4.69) is 10.00 Å². The fourth-order valence-corrected chi connectivity index (χ4v) is 2.39. The second-order valence-corrected chi connectivity index (χ2v) is 5.48. The molecule has 1 aromatic heterocycles. The van der Waals surface area contributed by atoms with Crippen molar-refractivity contribution in [1.29, 1.82) is 0 Å². The Balaban J connectivity index is 1.86. The molecule has 106 valence electrons. The molecule has 6 nitrogen and oxygen atoms in total. The highest BCUT2D eigenvalue weighted by Gasteiger charge is 2.36. The van der Waals surface area contributed by atoms with Crippen LogP contribution in [0.2, 0.25) is 0 Å². The second-order valence-electron chi connectivity index (χ2n) is 5.48. The first kappa shape index (κ1) is 14.0. The quantitative estimate of drug-likeness (QED) is 0.815. The van der Waals surface area contributed by atoms with Crippen LogP contribution in [0.5, 0.6) is 0 Å². The van der Waals surface area contributed by atoms with Crippen molar-refractivity contribution >= 4 is 5.97 Å². The third-order valence-electron chi connectivity index (χ3n) is 3.90. The summed E-state index contributed by atoms with van der Waals surface area (Å²) in [5, 5.41) is 22.2. The number of piperidine rings is 1. The number of hydrogen-bond donors (Lipinski definition) is 2. The van der Waals surface area contributed by atoms with E-state index in [0.29, 0.717) is 19.4 Å². The molecule has 0 spiro atoms. The van der Waals surface area contributed by atoms with Gasteiger partial charge in [0.25, 0.3) is 0 Å². The minimum atomic E-state index is -0.692. The summed E-state index contributed by atoms with van der Waals surface area (Å²) < 4.78 is 1.72. The van der Waals surface area contributed by atoms with Gasteiger partial charge in [-0.05, 0) is 32.9 Å². The molecule has 0 aliphatic carbocycles. The van der Waals surface area contributed by atoms with E-state index in [4.69, 9.17) is 5.11 Å². The number of rotatable bonds is 5. The van der Waals surface area contributed by atoms with Gasteiger partial charge in [0, 0.05) is 18.3 Å². The Morgan fingerprint density at radius 2 is 2.16 bits per heavy atom. The molecule has 6 heteroatoms. The number of carboxylic acid groups (broad SMARTS) is 1. The molecule has 0 amide bonds. The molecular formula is C13H21N3O3. The number of carboxylic acids is 1. The molecule has 2 rings (SSSR count). The summed E-state index contributed by atoms with van der Waals surface area (Å²) in [6.07, 6.45) is 5.11. The molecule has 1 aliphatic heterocycles. The van der Waals surface area contributed by atoms with E-state index in [0.717, 1.165) is 25.2 Å². The lowest BCUT2D eigenvalue weighted by Crippen LogP contribution is -2.42. The summed E-state index contributed by atoms with van der Waals surface area (Å²) in [4.78, 5) is 13.4. The standard InChI is InChI=1S/C13H21N3O3/c1-13(12(18)19)2-4-15(5-3-13)9-11-8-14-16(10-11)6-7-17/h8,10,17H,2-7,9H2,1H3,(H,18,19). The number of carbonyl (C=O) groups is 1. The molecule has 0 radical (unpaired) electrons. The van der Waals surface area contributed by atoms with Crippen molar-refractivity contribution in [3.63, 3.8) is 0 Å². The maximum absolute atomic E-state index is 11.2. The Labute approximate surface area is 112 Å². The number of hydrogen-bond acceptors (Lipinski definition) is 4. The van der Waals surface area contributed by atoms with Gasteiger partial charge >= 0.3 is 5.97 Å². The average Bonchev–Trinajstić information content (AvgIpc) is 2.80. The Morgan fingerprint density at radius 1 is 1.47 bits per heavy atom. The highest BCUT2D eigenvalue weighted by atomic mass is 16.4. The fraction of sp³-hybridized carbons (Fsp3) is 0.692. The summed E-state index contributed by atoms with van der Waals surface area (Å²) in [7, 11) is 0. The lowest BCUT2D eigenvalue weighted by atomic mass is 9.80. The second kappa shape index (κ2) is 5.71. The first-order chi connectivity index (χ1) is 9.03. The van der Waals surface area contributed by atoms with Crippen LogP contribution in [0.4, 0.5) is 0 Å². The third-order valence-corrected chi connectivity index (χ3v) is 3.90. The molecule has 2 heterocycles. The van der Waals surface area contributed by atoms with Gasteiger partial charge in [0.2, 0.25) is 0 Å². The number of nitrogens with zero attached hydrogens (tertiary/aromatic N) is 3. The largest absolute Gasteiger partial charge is 0.481 e. The Morgan fingerprint density at radius 3 is 2.74 bits per heavy atom. The van der Waals surface area contributed by atoms with E-state index >= 15 is 0 Å². The van der Waals surface area contributed by atoms with Gasteiger partial charge in [-0.15, -0.1) is 0 Å². The van der Waals surface area contributed by atoms with E-state index in [1.807, 2.05) is 13.1 Å². The monoisotopic (exact) mass is 267 g/mol. The van der Waals surface area contributed by atoms with Gasteiger partial charge in [-0.3, -0.25) is 14.4 Å². The van der Waals surface area contributed by atoms with E-state index in [1.54, 1.807) is 10.9 Å². The highest BCUT2D eigenvalue weighted by molar-refractivity contribution is 5.74. The van der Waals surface area contributed by atoms with E-state index in [-0.39, 0.29) is 6.61 Å². The number of likely N-dealkylation sites (tertiary alicyclic amines) is 1. The van der Waals surface area contributed by atoms with Crippen LogP contribution in [-0.4, -0.2) is 50.6 Å². The molecule has 0 aromatic carbocycles. The Kier molecular flexibility index (Phi) is 4.21. The first-order valence-electron chi connectivity index (χ1n) is 6.61. The summed E-state index contributed by atoms with van der Waals surface area (Å²) in [5.74, 6) is -0.692. The molecule has 1 fully saturated rings. The van der Waals surface area contributed by atoms with Gasteiger partial charge in [0.05, 0.1) is 24.8 Å². The zero-order valence-corrected chi connectivity index (χ0v) is 11.2. The maximum atomic E-state index is 11.2. The number of aromatic nitrogens is 2. The van der Waals surface area contributed by atoms with Crippen LogP contribution in [-0.2, 0) is 17.9 Å². The molecule has 1 aromatic rings. The lowest BCUT2D eigenvalue weighted by molar-refractivity contribution is -0.150. The van der Waals surface area contributed by atoms with Crippen molar-refractivity contribution in [2.24, 2.45) is 5.41 Å². The predicted molar refractivity (Wildman–Crippen MR) is 69.6 cm³/mol. The van der Waals surface area contributed by atoms with Crippen LogP contribution in [0.1, 0.15) is 25.3 Å². The molecule has 1 saturated heterocycles. The van der Waals surface area contributed by atoms with Gasteiger partial charge in [-0.2, -0.15) is 5.10 Å². The molecule has 0 atom stereocenters. The van der Waals surface area contributed by atoms with Crippen molar-refractivity contribution < 1.29 is 15.0 Å². The average molecular weight is 267 g/mol. The zero-order chi connectivity index (χ0) is 13.9. The smallest absolute Gasteiger partial charge is 0.309 e. The van der Waals surface area contributed by atoms with Crippen LogP contribution in [0.15, 0.2) is 12.4 Å². The summed E-state index contributed by atoms with van der Waals surface area (Å²) in [6, 6.07) is 0. The van der Waals surface area contributed by atoms with Crippen molar-refractivity contribution in [2.45, 2.75) is 32.9 Å². The zero-order valence-electron chi connectivity index (χ0n) is 11.2. The number of aliphatic carboxylic acids is 1. The first-order valence-corrected chi connectivity index (χ1v) is 6.61. The van der Waals surface area contributed by atoms with Crippen LogP contribution in [0.3, 0.4) is 0 Å². The van der Waals surface area contributed by atoms with Crippen LogP contribution >= 0.6 is 0 Å². The number of aliphatic hydroxyl groups is 1. The topological polar surface area (TPSA) is 78.6 Å². The molecule has 0 saturated carbocycles. The van der Waals surface area contributed by atoms with E-state index < -0.39 is 11.4 Å². The third kappa shape index (κ3) is 3.33. The highest BCUT2D eigenvalue weighted by Crippen LogP contribution is 2.31. The Bertz CT molecular complexity index is 436. The lowest BCUT2D eigenvalue weighted by Gasteiger charge is -2.36. The van der Waals surface area contributed by atoms with Gasteiger partial charge in [-0.1, -0.05) is 0 Å². The molecule has 1 aliphatic rings. The summed E-state index contributed by atoms with van der Waals surface area (Å²) >= 11 is 0. The molecular weight excluding hydrogens is 246 g/mol.